The Balaban J connectivity index is 2.53. The molecular weight excluding hydrogens is 224 g/mol. The second-order valence-corrected chi connectivity index (χ2v) is 3.81. The second-order valence-electron chi connectivity index (χ2n) is 2.64. The Hall–Kier alpha value is -0.940. The van der Waals surface area contributed by atoms with E-state index in [1.54, 1.807) is 11.6 Å². The summed E-state index contributed by atoms with van der Waals surface area (Å²) in [6.07, 6.45) is 1.56. The summed E-state index contributed by atoms with van der Waals surface area (Å²) in [5.41, 5.74) is 0. The van der Waals surface area contributed by atoms with Crippen molar-refractivity contribution in [2.75, 3.05) is 19.5 Å². The maximum Gasteiger partial charge on any atom is 0.237 e. The Morgan fingerprint density at radius 2 is 2.36 bits per heavy atom. The molecule has 0 aromatic carbocycles. The number of carbonyl (C=O) groups is 2. The summed E-state index contributed by atoms with van der Waals surface area (Å²) in [5, 5.41) is 2.13. The first-order valence-electron chi connectivity index (χ1n) is 3.87. The molecule has 0 bridgehead atoms. The molecule has 0 saturated heterocycles. The van der Waals surface area contributed by atoms with Gasteiger partial charge in [-0.1, -0.05) is 0 Å². The minimum absolute atomic E-state index is 0.0269. The molecule has 0 spiro atoms. The van der Waals surface area contributed by atoms with Gasteiger partial charge in [0, 0.05) is 18.6 Å². The summed E-state index contributed by atoms with van der Waals surface area (Å²) in [7, 11) is 1.54. The number of amides is 1. The van der Waals surface area contributed by atoms with E-state index in [1.165, 1.54) is 23.3 Å². The predicted molar refractivity (Wildman–Crippen MR) is 54.8 cm³/mol. The van der Waals surface area contributed by atoms with Crippen LogP contribution in [0.2, 0.25) is 0 Å². The van der Waals surface area contributed by atoms with E-state index < -0.39 is 0 Å². The first-order valence-corrected chi connectivity index (χ1v) is 5.29. The van der Waals surface area contributed by atoms with E-state index in [0.717, 1.165) is 0 Å². The van der Waals surface area contributed by atoms with Crippen LogP contribution in [0.25, 0.3) is 0 Å². The molecule has 1 heterocycles. The Bertz CT molecular complexity index is 326. The lowest BCUT2D eigenvalue weighted by Gasteiger charge is -2.13. The van der Waals surface area contributed by atoms with Crippen LogP contribution >= 0.6 is 22.9 Å². The van der Waals surface area contributed by atoms with Gasteiger partial charge in [0.15, 0.2) is 5.01 Å². The zero-order chi connectivity index (χ0) is 10.6. The van der Waals surface area contributed by atoms with Gasteiger partial charge in [0.2, 0.25) is 11.7 Å². The van der Waals surface area contributed by atoms with Crippen LogP contribution in [0.1, 0.15) is 9.80 Å². The maximum absolute atomic E-state index is 11.4. The lowest BCUT2D eigenvalue weighted by Crippen LogP contribution is -2.32. The minimum Gasteiger partial charge on any atom is -0.337 e. The van der Waals surface area contributed by atoms with E-state index in [4.69, 9.17) is 11.6 Å². The van der Waals surface area contributed by atoms with Gasteiger partial charge in [-0.3, -0.25) is 9.59 Å². The number of aromatic nitrogens is 1. The van der Waals surface area contributed by atoms with Gasteiger partial charge in [0.25, 0.3) is 0 Å². The summed E-state index contributed by atoms with van der Waals surface area (Å²) < 4.78 is 0. The molecule has 1 aromatic rings. The molecule has 14 heavy (non-hydrogen) atoms. The zero-order valence-electron chi connectivity index (χ0n) is 7.57. The fourth-order valence-corrected chi connectivity index (χ4v) is 1.61. The van der Waals surface area contributed by atoms with Crippen LogP contribution in [0.4, 0.5) is 0 Å². The average molecular weight is 233 g/mol. The summed E-state index contributed by atoms with van der Waals surface area (Å²) in [5.74, 6) is -0.542. The second kappa shape index (κ2) is 5.07. The molecule has 76 valence electrons. The maximum atomic E-state index is 11.4. The van der Waals surface area contributed by atoms with E-state index in [1.807, 2.05) is 0 Å². The van der Waals surface area contributed by atoms with E-state index in [0.29, 0.717) is 5.01 Å². The van der Waals surface area contributed by atoms with Gasteiger partial charge in [-0.2, -0.15) is 0 Å². The number of rotatable bonds is 4. The topological polar surface area (TPSA) is 50.3 Å². The van der Waals surface area contributed by atoms with Crippen LogP contribution in [0.15, 0.2) is 11.6 Å². The quantitative estimate of drug-likeness (QED) is 0.575. The number of likely N-dealkylation sites (N-methyl/N-ethyl adjacent to an activating group) is 1. The molecule has 0 radical (unpaired) electrons. The number of carbonyl (C=O) groups excluding carboxylic acids is 2. The van der Waals surface area contributed by atoms with E-state index in [-0.39, 0.29) is 24.1 Å². The van der Waals surface area contributed by atoms with Crippen molar-refractivity contribution in [3.8, 4) is 0 Å². The highest BCUT2D eigenvalue weighted by Gasteiger charge is 2.14. The van der Waals surface area contributed by atoms with Crippen LogP contribution in [0.5, 0.6) is 0 Å². The number of hydrogen-bond acceptors (Lipinski definition) is 4. The van der Waals surface area contributed by atoms with Crippen molar-refractivity contribution in [3.63, 3.8) is 0 Å². The third-order valence-electron chi connectivity index (χ3n) is 1.59. The molecule has 0 atom stereocenters. The van der Waals surface area contributed by atoms with Crippen molar-refractivity contribution in [1.29, 1.82) is 0 Å². The Kier molecular flexibility index (Phi) is 4.03. The van der Waals surface area contributed by atoms with E-state index in [2.05, 4.69) is 4.98 Å². The molecule has 0 N–H and O–H groups in total. The molecule has 6 heteroatoms. The highest BCUT2D eigenvalue weighted by molar-refractivity contribution is 7.11. The Morgan fingerprint density at radius 3 is 2.86 bits per heavy atom. The molecule has 0 aliphatic rings. The van der Waals surface area contributed by atoms with Crippen molar-refractivity contribution in [2.45, 2.75) is 0 Å². The number of hydrogen-bond donors (Lipinski definition) is 0. The third kappa shape index (κ3) is 2.78. The highest BCUT2D eigenvalue weighted by Crippen LogP contribution is 2.05. The molecule has 0 aliphatic heterocycles. The van der Waals surface area contributed by atoms with E-state index >= 15 is 0 Å². The number of thiazole rings is 1. The lowest BCUT2D eigenvalue weighted by atomic mass is 10.4. The first kappa shape index (κ1) is 11.1. The normalized spacial score (nSPS) is 9.86. The van der Waals surface area contributed by atoms with Gasteiger partial charge >= 0.3 is 0 Å². The molecular formula is C8H9ClN2O2S. The van der Waals surface area contributed by atoms with Gasteiger partial charge in [-0.15, -0.1) is 22.9 Å². The molecule has 0 fully saturated rings. The minimum atomic E-state index is -0.267. The molecule has 1 aromatic heterocycles. The van der Waals surface area contributed by atoms with Crippen LogP contribution in [0.3, 0.4) is 0 Å². The molecule has 4 nitrogen and oxygen atoms in total. The largest absolute Gasteiger partial charge is 0.337 e. The zero-order valence-corrected chi connectivity index (χ0v) is 9.14. The van der Waals surface area contributed by atoms with Gasteiger partial charge in [0.05, 0.1) is 6.54 Å². The fraction of sp³-hybridized carbons (Fsp3) is 0.375. The molecule has 0 saturated carbocycles. The Labute approximate surface area is 90.5 Å². The van der Waals surface area contributed by atoms with Gasteiger partial charge in [-0.25, -0.2) is 4.98 Å². The van der Waals surface area contributed by atoms with Crippen molar-refractivity contribution in [2.24, 2.45) is 0 Å². The van der Waals surface area contributed by atoms with Crippen LogP contribution in [-0.2, 0) is 4.79 Å². The molecule has 0 unspecified atom stereocenters. The van der Waals surface area contributed by atoms with Gasteiger partial charge in [-0.05, 0) is 0 Å². The monoisotopic (exact) mass is 232 g/mol. The molecule has 1 rings (SSSR count). The molecule has 0 aliphatic carbocycles. The van der Waals surface area contributed by atoms with E-state index in [9.17, 15) is 9.59 Å². The van der Waals surface area contributed by atoms with Crippen molar-refractivity contribution in [1.82, 2.24) is 9.88 Å². The van der Waals surface area contributed by atoms with Crippen LogP contribution in [0, 0.1) is 0 Å². The lowest BCUT2D eigenvalue weighted by molar-refractivity contribution is -0.126. The first-order chi connectivity index (χ1) is 6.65. The van der Waals surface area contributed by atoms with Crippen LogP contribution < -0.4 is 0 Å². The summed E-state index contributed by atoms with van der Waals surface area (Å²) in [6, 6.07) is 0. The number of halogens is 1. The summed E-state index contributed by atoms with van der Waals surface area (Å²) >= 11 is 6.60. The summed E-state index contributed by atoms with van der Waals surface area (Å²) in [6.45, 7) is 0.0269. The third-order valence-corrected chi connectivity index (χ3v) is 2.63. The van der Waals surface area contributed by atoms with Gasteiger partial charge < -0.3 is 4.90 Å². The average Bonchev–Trinajstić information content (AvgIpc) is 2.69. The van der Waals surface area contributed by atoms with Crippen molar-refractivity contribution >= 4 is 34.6 Å². The Morgan fingerprint density at radius 1 is 1.64 bits per heavy atom. The number of nitrogens with zero attached hydrogens (tertiary/aromatic N) is 2. The van der Waals surface area contributed by atoms with Crippen molar-refractivity contribution < 1.29 is 9.59 Å². The number of ketones is 1. The number of Topliss-reactive ketones (excluding diaryl/α,β-unsaturated/α-hetero) is 1. The standard InChI is InChI=1S/C8H9ClN2O2S/c1-11(7(13)4-9)5-6(12)8-10-2-3-14-8/h2-3H,4-5H2,1H3. The smallest absolute Gasteiger partial charge is 0.237 e. The van der Waals surface area contributed by atoms with Gasteiger partial charge in [0.1, 0.15) is 5.88 Å². The fourth-order valence-electron chi connectivity index (χ4n) is 0.834. The van der Waals surface area contributed by atoms with Crippen molar-refractivity contribution in [3.05, 3.63) is 16.6 Å². The SMILES string of the molecule is CN(CC(=O)c1nccs1)C(=O)CCl. The number of alkyl halides is 1. The highest BCUT2D eigenvalue weighted by atomic mass is 35.5. The molecule has 1 amide bonds. The predicted octanol–water partition coefficient (Wildman–Crippen LogP) is 1.02. The van der Waals surface area contributed by atoms with Crippen LogP contribution in [-0.4, -0.2) is 41.0 Å². The summed E-state index contributed by atoms with van der Waals surface area (Å²) in [4.78, 5) is 27.6.